The molecule has 9 atom stereocenters. The Labute approximate surface area is 200 Å². The molecule has 4 fully saturated rings. The highest BCUT2D eigenvalue weighted by atomic mass is 16.4. The van der Waals surface area contributed by atoms with E-state index in [9.17, 15) is 14.7 Å². The predicted octanol–water partition coefficient (Wildman–Crippen LogP) is 6.27. The standard InChI is InChI=1S/C29H46O4/c1-17(8-7-9-18(2)26(32)33)20-11-12-21-19-10-13-23-27(3,4)24(30)14-15-28(23,5)22(19)16-25(31)29(20,21)6/h9,17,19-23,25,31H,7-8,10-16H2,1-6H3,(H,32,33)/b18-9+/t17-,19+,20-,21+,22+,23?,25-,28-,29-/m1/s1. The first-order chi connectivity index (χ1) is 15.3. The van der Waals surface area contributed by atoms with Crippen molar-refractivity contribution in [3.05, 3.63) is 11.6 Å². The largest absolute Gasteiger partial charge is 0.478 e. The SMILES string of the molecule is C/C(=C\CC[C@@H](C)[C@H]1CC[C@H]2[C@@H]3CCC4C(C)(C)C(=O)CC[C@]4(C)[C@H]3C[C@@H](O)[C@]12C)C(=O)O. The summed E-state index contributed by atoms with van der Waals surface area (Å²) in [5.74, 6) is 2.75. The third-order valence-electron chi connectivity index (χ3n) is 11.6. The highest BCUT2D eigenvalue weighted by Crippen LogP contribution is 2.69. The Hall–Kier alpha value is -1.16. The van der Waals surface area contributed by atoms with Gasteiger partial charge in [-0.3, -0.25) is 4.79 Å². The second-order valence-corrected chi connectivity index (χ2v) is 13.2. The van der Waals surface area contributed by atoms with Crippen LogP contribution in [0.1, 0.15) is 99.3 Å². The van der Waals surface area contributed by atoms with Gasteiger partial charge in [0.25, 0.3) is 0 Å². The first kappa shape index (κ1) is 24.9. The van der Waals surface area contributed by atoms with Crippen molar-refractivity contribution < 1.29 is 19.8 Å². The Balaban J connectivity index is 1.54. The van der Waals surface area contributed by atoms with Crippen LogP contribution in [0.2, 0.25) is 0 Å². The van der Waals surface area contributed by atoms with E-state index < -0.39 is 5.97 Å². The van der Waals surface area contributed by atoms with Gasteiger partial charge < -0.3 is 10.2 Å². The lowest BCUT2D eigenvalue weighted by atomic mass is 9.40. The molecule has 4 aliphatic rings. The molecule has 0 aliphatic heterocycles. The van der Waals surface area contributed by atoms with Crippen LogP contribution in [0, 0.1) is 51.8 Å². The van der Waals surface area contributed by atoms with Gasteiger partial charge in [0, 0.05) is 17.4 Å². The third-order valence-corrected chi connectivity index (χ3v) is 11.6. The zero-order chi connectivity index (χ0) is 24.3. The second kappa shape index (κ2) is 8.50. The molecule has 0 bridgehead atoms. The van der Waals surface area contributed by atoms with Gasteiger partial charge in [0.05, 0.1) is 6.10 Å². The van der Waals surface area contributed by atoms with Crippen LogP contribution in [0.25, 0.3) is 0 Å². The fourth-order valence-electron chi connectivity index (χ4n) is 9.68. The van der Waals surface area contributed by atoms with E-state index in [4.69, 9.17) is 5.11 Å². The maximum absolute atomic E-state index is 12.8. The number of hydrogen-bond donors (Lipinski definition) is 2. The summed E-state index contributed by atoms with van der Waals surface area (Å²) < 4.78 is 0. The van der Waals surface area contributed by atoms with Crippen LogP contribution in [-0.4, -0.2) is 28.1 Å². The first-order valence-electron chi connectivity index (χ1n) is 13.5. The number of hydrogen-bond acceptors (Lipinski definition) is 3. The Morgan fingerprint density at radius 1 is 1.12 bits per heavy atom. The number of aliphatic hydroxyl groups excluding tert-OH is 1. The van der Waals surface area contributed by atoms with Crippen molar-refractivity contribution in [1.29, 1.82) is 0 Å². The summed E-state index contributed by atoms with van der Waals surface area (Å²) in [6.07, 6.45) is 10.7. The van der Waals surface area contributed by atoms with Gasteiger partial charge >= 0.3 is 5.97 Å². The summed E-state index contributed by atoms with van der Waals surface area (Å²) in [7, 11) is 0. The van der Waals surface area contributed by atoms with Gasteiger partial charge in [0.2, 0.25) is 0 Å². The van der Waals surface area contributed by atoms with E-state index in [0.717, 1.165) is 32.1 Å². The molecule has 0 spiro atoms. The van der Waals surface area contributed by atoms with Crippen LogP contribution in [0.3, 0.4) is 0 Å². The van der Waals surface area contributed by atoms with Gasteiger partial charge in [-0.15, -0.1) is 0 Å². The summed E-state index contributed by atoms with van der Waals surface area (Å²) >= 11 is 0. The summed E-state index contributed by atoms with van der Waals surface area (Å²) in [6, 6.07) is 0. The molecule has 4 heteroatoms. The van der Waals surface area contributed by atoms with E-state index in [-0.39, 0.29) is 22.3 Å². The molecule has 0 aromatic heterocycles. The fourth-order valence-corrected chi connectivity index (χ4v) is 9.68. The van der Waals surface area contributed by atoms with E-state index in [1.807, 2.05) is 6.08 Å². The highest BCUT2D eigenvalue weighted by Gasteiger charge is 2.65. The van der Waals surface area contributed by atoms with Crippen molar-refractivity contribution in [3.63, 3.8) is 0 Å². The fraction of sp³-hybridized carbons (Fsp3) is 0.862. The Bertz CT molecular complexity index is 827. The van der Waals surface area contributed by atoms with Crippen molar-refractivity contribution in [2.24, 2.45) is 51.8 Å². The highest BCUT2D eigenvalue weighted by molar-refractivity contribution is 5.86. The maximum atomic E-state index is 12.8. The number of carbonyl (C=O) groups excluding carboxylic acids is 1. The van der Waals surface area contributed by atoms with Gasteiger partial charge in [-0.25, -0.2) is 4.79 Å². The maximum Gasteiger partial charge on any atom is 0.330 e. The van der Waals surface area contributed by atoms with E-state index in [0.29, 0.717) is 53.3 Å². The normalized spacial score (nSPS) is 45.7. The van der Waals surface area contributed by atoms with Gasteiger partial charge in [-0.2, -0.15) is 0 Å². The van der Waals surface area contributed by atoms with Crippen molar-refractivity contribution >= 4 is 11.8 Å². The minimum absolute atomic E-state index is 0.0463. The average Bonchev–Trinajstić information content (AvgIpc) is 3.10. The number of aliphatic hydroxyl groups is 1. The van der Waals surface area contributed by atoms with Crippen molar-refractivity contribution in [2.75, 3.05) is 0 Å². The molecule has 4 nitrogen and oxygen atoms in total. The Morgan fingerprint density at radius 2 is 1.82 bits per heavy atom. The van der Waals surface area contributed by atoms with Crippen molar-refractivity contribution in [3.8, 4) is 0 Å². The van der Waals surface area contributed by atoms with Gasteiger partial charge in [0.15, 0.2) is 0 Å². The molecule has 4 rings (SSSR count). The summed E-state index contributed by atoms with van der Waals surface area (Å²) in [5.41, 5.74) is 0.302. The first-order valence-corrected chi connectivity index (χ1v) is 13.5. The molecular weight excluding hydrogens is 412 g/mol. The molecule has 4 aliphatic carbocycles. The van der Waals surface area contributed by atoms with Crippen molar-refractivity contribution in [2.45, 2.75) is 105 Å². The zero-order valence-corrected chi connectivity index (χ0v) is 21.7. The number of aliphatic carboxylic acids is 1. The van der Waals surface area contributed by atoms with Crippen LogP contribution in [-0.2, 0) is 9.59 Å². The number of carboxylic acids is 1. The monoisotopic (exact) mass is 458 g/mol. The Kier molecular flexibility index (Phi) is 6.43. The van der Waals surface area contributed by atoms with E-state index in [2.05, 4.69) is 34.6 Å². The molecule has 0 amide bonds. The topological polar surface area (TPSA) is 74.6 Å². The molecule has 0 saturated heterocycles. The number of allylic oxidation sites excluding steroid dienone is 1. The summed E-state index contributed by atoms with van der Waals surface area (Å²) in [5, 5.41) is 20.8. The van der Waals surface area contributed by atoms with Crippen LogP contribution in [0.15, 0.2) is 11.6 Å². The predicted molar refractivity (Wildman–Crippen MR) is 131 cm³/mol. The third kappa shape index (κ3) is 3.74. The van der Waals surface area contributed by atoms with Gasteiger partial charge in [0.1, 0.15) is 5.78 Å². The molecule has 33 heavy (non-hydrogen) atoms. The van der Waals surface area contributed by atoms with Gasteiger partial charge in [-0.1, -0.05) is 40.7 Å². The number of carbonyl (C=O) groups is 2. The number of carboxylic acid groups (broad SMARTS) is 1. The van der Waals surface area contributed by atoms with Gasteiger partial charge in [-0.05, 0) is 105 Å². The quantitative estimate of drug-likeness (QED) is 0.476. The van der Waals surface area contributed by atoms with Crippen LogP contribution < -0.4 is 0 Å². The molecule has 4 saturated carbocycles. The van der Waals surface area contributed by atoms with E-state index in [1.165, 1.54) is 19.3 Å². The molecule has 0 heterocycles. The number of rotatable bonds is 5. The number of ketones is 1. The molecule has 0 aromatic rings. The molecule has 0 aromatic carbocycles. The van der Waals surface area contributed by atoms with Crippen LogP contribution >= 0.6 is 0 Å². The van der Waals surface area contributed by atoms with Crippen LogP contribution in [0.5, 0.6) is 0 Å². The molecule has 2 N–H and O–H groups in total. The molecular formula is C29H46O4. The van der Waals surface area contributed by atoms with Crippen LogP contribution in [0.4, 0.5) is 0 Å². The minimum atomic E-state index is -0.832. The smallest absolute Gasteiger partial charge is 0.330 e. The molecule has 1 unspecified atom stereocenters. The average molecular weight is 459 g/mol. The lowest BCUT2D eigenvalue weighted by molar-refractivity contribution is -0.188. The van der Waals surface area contributed by atoms with Crippen molar-refractivity contribution in [1.82, 2.24) is 0 Å². The second-order valence-electron chi connectivity index (χ2n) is 13.2. The minimum Gasteiger partial charge on any atom is -0.478 e. The molecule has 0 radical (unpaired) electrons. The Morgan fingerprint density at radius 3 is 2.48 bits per heavy atom. The lowest BCUT2D eigenvalue weighted by Gasteiger charge is -2.64. The molecule has 186 valence electrons. The zero-order valence-electron chi connectivity index (χ0n) is 21.7. The number of fused-ring (bicyclic) bond motifs is 5. The van der Waals surface area contributed by atoms with E-state index >= 15 is 0 Å². The lowest BCUT2D eigenvalue weighted by Crippen LogP contribution is -2.61. The number of Topliss-reactive ketones (excluding diaryl/α,β-unsaturated/α-hetero) is 1. The summed E-state index contributed by atoms with van der Waals surface area (Å²) in [6.45, 7) is 13.2. The van der Waals surface area contributed by atoms with E-state index in [1.54, 1.807) is 6.92 Å². The summed E-state index contributed by atoms with van der Waals surface area (Å²) in [4.78, 5) is 23.9.